The maximum Gasteiger partial charge on any atom is 0.232 e. The first kappa shape index (κ1) is 20.1. The van der Waals surface area contributed by atoms with Crippen molar-refractivity contribution in [2.75, 3.05) is 26.2 Å². The number of piperazine rings is 1. The summed E-state index contributed by atoms with van der Waals surface area (Å²) in [6.07, 6.45) is 0.879. The minimum atomic E-state index is -0.592. The van der Waals surface area contributed by atoms with Crippen molar-refractivity contribution in [3.63, 3.8) is 0 Å². The van der Waals surface area contributed by atoms with Crippen molar-refractivity contribution < 1.29 is 14.0 Å². The van der Waals surface area contributed by atoms with Crippen LogP contribution in [0.2, 0.25) is 0 Å². The standard InChI is InChI=1S/C23H27FN2O2/c1-23(2,19-8-4-3-5-9-19)22(28)26-15-13-25(14-16-26)21(27)12-11-18-7-6-10-20(24)17-18/h3-10,17H,11-16H2,1-2H3. The molecule has 1 aliphatic rings. The summed E-state index contributed by atoms with van der Waals surface area (Å²) in [5.74, 6) is -0.137. The van der Waals surface area contributed by atoms with Gasteiger partial charge in [-0.3, -0.25) is 9.59 Å². The Morgan fingerprint density at radius 1 is 0.929 bits per heavy atom. The second-order valence-electron chi connectivity index (χ2n) is 7.79. The van der Waals surface area contributed by atoms with Gasteiger partial charge in [0.1, 0.15) is 5.82 Å². The van der Waals surface area contributed by atoms with E-state index in [1.807, 2.05) is 55.1 Å². The summed E-state index contributed by atoms with van der Waals surface area (Å²) in [5, 5.41) is 0. The number of nitrogens with zero attached hydrogens (tertiary/aromatic N) is 2. The van der Waals surface area contributed by atoms with E-state index in [1.54, 1.807) is 11.0 Å². The zero-order valence-corrected chi connectivity index (χ0v) is 16.5. The molecule has 0 N–H and O–H groups in total. The molecule has 28 heavy (non-hydrogen) atoms. The average Bonchev–Trinajstić information content (AvgIpc) is 2.72. The number of hydrogen-bond donors (Lipinski definition) is 0. The van der Waals surface area contributed by atoms with Crippen LogP contribution in [0.3, 0.4) is 0 Å². The van der Waals surface area contributed by atoms with Crippen LogP contribution in [0.25, 0.3) is 0 Å². The highest BCUT2D eigenvalue weighted by molar-refractivity contribution is 5.87. The maximum atomic E-state index is 13.3. The van der Waals surface area contributed by atoms with E-state index in [0.29, 0.717) is 39.0 Å². The largest absolute Gasteiger partial charge is 0.339 e. The molecule has 0 saturated carbocycles. The minimum Gasteiger partial charge on any atom is -0.339 e. The van der Waals surface area contributed by atoms with Crippen molar-refractivity contribution in [3.8, 4) is 0 Å². The van der Waals surface area contributed by atoms with E-state index in [1.165, 1.54) is 12.1 Å². The number of rotatable bonds is 5. The van der Waals surface area contributed by atoms with Gasteiger partial charge in [0.25, 0.3) is 0 Å². The van der Waals surface area contributed by atoms with Gasteiger partial charge in [-0.1, -0.05) is 42.5 Å². The molecule has 3 rings (SSSR count). The van der Waals surface area contributed by atoms with Crippen LogP contribution in [0.1, 0.15) is 31.4 Å². The van der Waals surface area contributed by atoms with Gasteiger partial charge in [0.05, 0.1) is 5.41 Å². The quantitative estimate of drug-likeness (QED) is 0.795. The van der Waals surface area contributed by atoms with E-state index in [0.717, 1.165) is 11.1 Å². The molecule has 0 spiro atoms. The number of aryl methyl sites for hydroxylation is 1. The lowest BCUT2D eigenvalue weighted by Crippen LogP contribution is -2.54. The van der Waals surface area contributed by atoms with Gasteiger partial charge in [0, 0.05) is 32.6 Å². The molecule has 148 valence electrons. The third-order valence-electron chi connectivity index (χ3n) is 5.47. The van der Waals surface area contributed by atoms with E-state index in [-0.39, 0.29) is 17.6 Å². The van der Waals surface area contributed by atoms with Crippen LogP contribution in [-0.2, 0) is 21.4 Å². The third kappa shape index (κ3) is 4.58. The molecule has 0 atom stereocenters. The summed E-state index contributed by atoms with van der Waals surface area (Å²) in [4.78, 5) is 29.2. The van der Waals surface area contributed by atoms with Crippen molar-refractivity contribution in [3.05, 3.63) is 71.5 Å². The summed E-state index contributed by atoms with van der Waals surface area (Å²) >= 11 is 0. The molecular formula is C23H27FN2O2. The molecule has 5 heteroatoms. The number of carbonyl (C=O) groups is 2. The van der Waals surface area contributed by atoms with Crippen molar-refractivity contribution in [2.24, 2.45) is 0 Å². The Labute approximate surface area is 166 Å². The highest BCUT2D eigenvalue weighted by atomic mass is 19.1. The molecule has 2 aromatic rings. The van der Waals surface area contributed by atoms with E-state index in [4.69, 9.17) is 0 Å². The maximum absolute atomic E-state index is 13.3. The predicted molar refractivity (Wildman–Crippen MR) is 107 cm³/mol. The van der Waals surface area contributed by atoms with Crippen molar-refractivity contribution in [1.29, 1.82) is 0 Å². The van der Waals surface area contributed by atoms with Crippen molar-refractivity contribution >= 4 is 11.8 Å². The molecule has 0 aliphatic carbocycles. The lowest BCUT2D eigenvalue weighted by atomic mass is 9.83. The minimum absolute atomic E-state index is 0.0543. The van der Waals surface area contributed by atoms with E-state index < -0.39 is 5.41 Å². The normalized spacial score (nSPS) is 14.8. The first-order valence-electron chi connectivity index (χ1n) is 9.75. The van der Waals surface area contributed by atoms with Crippen molar-refractivity contribution in [2.45, 2.75) is 32.1 Å². The van der Waals surface area contributed by atoms with E-state index in [9.17, 15) is 14.0 Å². The van der Waals surface area contributed by atoms with Gasteiger partial charge >= 0.3 is 0 Å². The van der Waals surface area contributed by atoms with Crippen LogP contribution in [-0.4, -0.2) is 47.8 Å². The smallest absolute Gasteiger partial charge is 0.232 e. The topological polar surface area (TPSA) is 40.6 Å². The SMILES string of the molecule is CC(C)(C(=O)N1CCN(C(=O)CCc2cccc(F)c2)CC1)c1ccccc1. The number of halogens is 1. The Hall–Kier alpha value is -2.69. The molecule has 1 fully saturated rings. The molecule has 0 unspecified atom stereocenters. The Morgan fingerprint density at radius 3 is 2.21 bits per heavy atom. The lowest BCUT2D eigenvalue weighted by molar-refractivity contribution is -0.142. The monoisotopic (exact) mass is 382 g/mol. The highest BCUT2D eigenvalue weighted by Gasteiger charge is 2.35. The zero-order chi connectivity index (χ0) is 20.1. The summed E-state index contributed by atoms with van der Waals surface area (Å²) in [5.41, 5.74) is 1.23. The van der Waals surface area contributed by atoms with Gasteiger partial charge in [0.15, 0.2) is 0 Å². The van der Waals surface area contributed by atoms with Gasteiger partial charge in [-0.25, -0.2) is 4.39 Å². The molecule has 1 saturated heterocycles. The fraction of sp³-hybridized carbons (Fsp3) is 0.391. The fourth-order valence-corrected chi connectivity index (χ4v) is 3.63. The van der Waals surface area contributed by atoms with Crippen LogP contribution in [0, 0.1) is 5.82 Å². The number of amides is 2. The first-order valence-corrected chi connectivity index (χ1v) is 9.75. The molecular weight excluding hydrogens is 355 g/mol. The number of hydrogen-bond acceptors (Lipinski definition) is 2. The summed E-state index contributed by atoms with van der Waals surface area (Å²) in [7, 11) is 0. The second-order valence-corrected chi connectivity index (χ2v) is 7.79. The van der Waals surface area contributed by atoms with E-state index in [2.05, 4.69) is 0 Å². The van der Waals surface area contributed by atoms with Crippen molar-refractivity contribution in [1.82, 2.24) is 9.80 Å². The molecule has 1 aliphatic heterocycles. The molecule has 4 nitrogen and oxygen atoms in total. The Kier molecular flexibility index (Phi) is 6.12. The number of carbonyl (C=O) groups excluding carboxylic acids is 2. The van der Waals surface area contributed by atoms with Gasteiger partial charge in [-0.05, 0) is 43.5 Å². The van der Waals surface area contributed by atoms with Gasteiger partial charge in [-0.2, -0.15) is 0 Å². The lowest BCUT2D eigenvalue weighted by Gasteiger charge is -2.39. The van der Waals surface area contributed by atoms with Gasteiger partial charge in [-0.15, -0.1) is 0 Å². The second kappa shape index (κ2) is 8.55. The van der Waals surface area contributed by atoms with Crippen LogP contribution in [0.5, 0.6) is 0 Å². The highest BCUT2D eigenvalue weighted by Crippen LogP contribution is 2.26. The summed E-state index contributed by atoms with van der Waals surface area (Å²) in [6.45, 7) is 6.06. The molecule has 2 amide bonds. The molecule has 2 aromatic carbocycles. The van der Waals surface area contributed by atoms with E-state index >= 15 is 0 Å². The van der Waals surface area contributed by atoms with Crippen LogP contribution >= 0.6 is 0 Å². The zero-order valence-electron chi connectivity index (χ0n) is 16.5. The van der Waals surface area contributed by atoms with Gasteiger partial charge < -0.3 is 9.80 Å². The average molecular weight is 382 g/mol. The molecule has 0 bridgehead atoms. The molecule has 0 aromatic heterocycles. The van der Waals surface area contributed by atoms with Crippen LogP contribution < -0.4 is 0 Å². The van der Waals surface area contributed by atoms with Crippen LogP contribution in [0.15, 0.2) is 54.6 Å². The Balaban J connectivity index is 1.52. The predicted octanol–water partition coefficient (Wildman–Crippen LogP) is 3.41. The van der Waals surface area contributed by atoms with Gasteiger partial charge in [0.2, 0.25) is 11.8 Å². The van der Waals surface area contributed by atoms with Crippen LogP contribution in [0.4, 0.5) is 4.39 Å². The summed E-state index contributed by atoms with van der Waals surface area (Å²) < 4.78 is 13.3. The third-order valence-corrected chi connectivity index (χ3v) is 5.47. The molecule has 1 heterocycles. The fourth-order valence-electron chi connectivity index (χ4n) is 3.63. The first-order chi connectivity index (χ1) is 13.4. The molecule has 0 radical (unpaired) electrons. The summed E-state index contributed by atoms with van der Waals surface area (Å²) in [6, 6.07) is 16.1. The Morgan fingerprint density at radius 2 is 1.57 bits per heavy atom. The number of benzene rings is 2. The Bertz CT molecular complexity index is 828.